The average Bonchev–Trinajstić information content (AvgIpc) is 3.07. The Kier molecular flexibility index (Phi) is 7.33. The molecular formula is C26H35NO4S. The third-order valence-electron chi connectivity index (χ3n) is 6.28. The Labute approximate surface area is 195 Å². The molecule has 1 aliphatic carbocycles. The molecule has 1 atom stereocenters. The van der Waals surface area contributed by atoms with Gasteiger partial charge in [0.25, 0.3) is 5.91 Å². The SMILES string of the molecule is COC(=O)c1c(NC(=O)COc2cc(C)ccc2C(C)C)sc2c1CC[C@H](C(C)(C)C)C2. The van der Waals surface area contributed by atoms with Gasteiger partial charge in [-0.15, -0.1) is 11.3 Å². The summed E-state index contributed by atoms with van der Waals surface area (Å²) in [4.78, 5) is 26.5. The quantitative estimate of drug-likeness (QED) is 0.530. The van der Waals surface area contributed by atoms with Crippen molar-refractivity contribution < 1.29 is 19.1 Å². The van der Waals surface area contributed by atoms with E-state index in [9.17, 15) is 9.59 Å². The molecule has 0 unspecified atom stereocenters. The number of anilines is 1. The number of thiophene rings is 1. The molecule has 0 saturated carbocycles. The number of amides is 1. The molecule has 0 radical (unpaired) electrons. The number of fused-ring (bicyclic) bond motifs is 1. The molecule has 0 fully saturated rings. The highest BCUT2D eigenvalue weighted by molar-refractivity contribution is 7.17. The first-order valence-electron chi connectivity index (χ1n) is 11.3. The number of carbonyl (C=O) groups excluding carboxylic acids is 2. The van der Waals surface area contributed by atoms with Gasteiger partial charge >= 0.3 is 5.97 Å². The summed E-state index contributed by atoms with van der Waals surface area (Å²) in [5.41, 5.74) is 3.88. The minimum absolute atomic E-state index is 0.114. The Hall–Kier alpha value is -2.34. The largest absolute Gasteiger partial charge is 0.483 e. The number of methoxy groups -OCH3 is 1. The average molecular weight is 458 g/mol. The third-order valence-corrected chi connectivity index (χ3v) is 7.45. The molecule has 6 heteroatoms. The first kappa shape index (κ1) is 24.3. The minimum Gasteiger partial charge on any atom is -0.483 e. The van der Waals surface area contributed by atoms with Crippen LogP contribution in [0.25, 0.3) is 0 Å². The Bertz CT molecular complexity index is 1000. The van der Waals surface area contributed by atoms with E-state index in [2.05, 4.69) is 39.9 Å². The fraction of sp³-hybridized carbons (Fsp3) is 0.538. The maximum atomic E-state index is 12.8. The predicted octanol–water partition coefficient (Wildman–Crippen LogP) is 6.14. The van der Waals surface area contributed by atoms with Crippen molar-refractivity contribution in [1.29, 1.82) is 0 Å². The third kappa shape index (κ3) is 5.34. The number of hydrogen-bond donors (Lipinski definition) is 1. The van der Waals surface area contributed by atoms with Crippen molar-refractivity contribution in [2.24, 2.45) is 11.3 Å². The second-order valence-electron chi connectivity index (χ2n) is 10.0. The van der Waals surface area contributed by atoms with Gasteiger partial charge in [-0.05, 0) is 66.2 Å². The number of rotatable bonds is 6. The van der Waals surface area contributed by atoms with E-state index in [1.165, 1.54) is 23.3 Å². The molecule has 1 aliphatic rings. The van der Waals surface area contributed by atoms with E-state index in [4.69, 9.17) is 9.47 Å². The van der Waals surface area contributed by atoms with Crippen LogP contribution in [0.2, 0.25) is 0 Å². The van der Waals surface area contributed by atoms with Crippen LogP contribution in [0.4, 0.5) is 5.00 Å². The van der Waals surface area contributed by atoms with Crippen LogP contribution in [0, 0.1) is 18.3 Å². The van der Waals surface area contributed by atoms with Crippen LogP contribution in [0.15, 0.2) is 18.2 Å². The van der Waals surface area contributed by atoms with Gasteiger partial charge in [0, 0.05) is 4.88 Å². The fourth-order valence-corrected chi connectivity index (χ4v) is 5.61. The molecular weight excluding hydrogens is 422 g/mol. The number of benzene rings is 1. The van der Waals surface area contributed by atoms with Crippen molar-refractivity contribution in [2.45, 2.75) is 66.7 Å². The number of nitrogens with one attached hydrogen (secondary N) is 1. The van der Waals surface area contributed by atoms with Gasteiger partial charge in [-0.25, -0.2) is 4.79 Å². The van der Waals surface area contributed by atoms with Gasteiger partial charge < -0.3 is 14.8 Å². The van der Waals surface area contributed by atoms with Crippen LogP contribution < -0.4 is 10.1 Å². The molecule has 1 amide bonds. The Morgan fingerprint density at radius 3 is 2.59 bits per heavy atom. The maximum absolute atomic E-state index is 12.8. The van der Waals surface area contributed by atoms with Crippen molar-refractivity contribution in [3.63, 3.8) is 0 Å². The highest BCUT2D eigenvalue weighted by Crippen LogP contribution is 2.44. The summed E-state index contributed by atoms with van der Waals surface area (Å²) in [6.07, 6.45) is 2.77. The summed E-state index contributed by atoms with van der Waals surface area (Å²) in [6.45, 7) is 12.9. The van der Waals surface area contributed by atoms with Crippen LogP contribution in [-0.4, -0.2) is 25.6 Å². The molecule has 2 aromatic rings. The summed E-state index contributed by atoms with van der Waals surface area (Å²) in [6, 6.07) is 6.05. The van der Waals surface area contributed by atoms with Crippen LogP contribution in [0.3, 0.4) is 0 Å². The van der Waals surface area contributed by atoms with Gasteiger partial charge in [0.2, 0.25) is 0 Å². The van der Waals surface area contributed by atoms with Gasteiger partial charge in [0.05, 0.1) is 12.7 Å². The highest BCUT2D eigenvalue weighted by atomic mass is 32.1. The number of ether oxygens (including phenoxy) is 2. The first-order valence-corrected chi connectivity index (χ1v) is 12.1. The van der Waals surface area contributed by atoms with E-state index in [0.717, 1.165) is 41.7 Å². The number of esters is 1. The minimum atomic E-state index is -0.395. The van der Waals surface area contributed by atoms with E-state index in [-0.39, 0.29) is 17.9 Å². The van der Waals surface area contributed by atoms with Crippen LogP contribution in [0.5, 0.6) is 5.75 Å². The van der Waals surface area contributed by atoms with Crippen LogP contribution in [0.1, 0.15) is 78.9 Å². The molecule has 3 rings (SSSR count). The van der Waals surface area contributed by atoms with Gasteiger partial charge in [-0.2, -0.15) is 0 Å². The second-order valence-corrected chi connectivity index (χ2v) is 11.1. The molecule has 0 aliphatic heterocycles. The Morgan fingerprint density at radius 2 is 1.97 bits per heavy atom. The number of carbonyl (C=O) groups is 2. The monoisotopic (exact) mass is 457 g/mol. The van der Waals surface area contributed by atoms with E-state index >= 15 is 0 Å². The second kappa shape index (κ2) is 9.65. The topological polar surface area (TPSA) is 64.6 Å². The highest BCUT2D eigenvalue weighted by Gasteiger charge is 2.34. The van der Waals surface area contributed by atoms with Gasteiger partial charge in [-0.3, -0.25) is 4.79 Å². The molecule has 0 bridgehead atoms. The summed E-state index contributed by atoms with van der Waals surface area (Å²) in [7, 11) is 1.38. The van der Waals surface area contributed by atoms with E-state index in [1.807, 2.05) is 25.1 Å². The molecule has 5 nitrogen and oxygen atoms in total. The lowest BCUT2D eigenvalue weighted by atomic mass is 9.72. The van der Waals surface area contributed by atoms with E-state index in [0.29, 0.717) is 22.4 Å². The van der Waals surface area contributed by atoms with E-state index in [1.54, 1.807) is 0 Å². The molecule has 1 aromatic heterocycles. The van der Waals surface area contributed by atoms with Gasteiger partial charge in [0.1, 0.15) is 10.8 Å². The molecule has 0 spiro atoms. The normalized spacial score (nSPS) is 15.9. The summed E-state index contributed by atoms with van der Waals surface area (Å²) in [5.74, 6) is 0.883. The van der Waals surface area contributed by atoms with Gasteiger partial charge in [-0.1, -0.05) is 46.8 Å². The molecule has 1 N–H and O–H groups in total. The zero-order valence-corrected chi connectivity index (χ0v) is 21.1. The lowest BCUT2D eigenvalue weighted by Gasteiger charge is -2.33. The first-order chi connectivity index (χ1) is 15.0. The predicted molar refractivity (Wildman–Crippen MR) is 130 cm³/mol. The fourth-order valence-electron chi connectivity index (χ4n) is 4.28. The van der Waals surface area contributed by atoms with Crippen molar-refractivity contribution >= 4 is 28.2 Å². The Morgan fingerprint density at radius 1 is 1.25 bits per heavy atom. The lowest BCUT2D eigenvalue weighted by molar-refractivity contribution is -0.118. The molecule has 1 aromatic carbocycles. The van der Waals surface area contributed by atoms with Crippen LogP contribution >= 0.6 is 11.3 Å². The van der Waals surface area contributed by atoms with Crippen molar-refractivity contribution in [3.8, 4) is 5.75 Å². The Balaban J connectivity index is 1.79. The zero-order valence-electron chi connectivity index (χ0n) is 20.3. The summed E-state index contributed by atoms with van der Waals surface area (Å²) >= 11 is 1.50. The maximum Gasteiger partial charge on any atom is 0.341 e. The van der Waals surface area contributed by atoms with E-state index < -0.39 is 5.97 Å². The zero-order chi connectivity index (χ0) is 23.6. The molecule has 1 heterocycles. The van der Waals surface area contributed by atoms with Crippen molar-refractivity contribution in [2.75, 3.05) is 19.0 Å². The number of aryl methyl sites for hydroxylation is 1. The lowest BCUT2D eigenvalue weighted by Crippen LogP contribution is -2.26. The van der Waals surface area contributed by atoms with Crippen LogP contribution in [-0.2, 0) is 22.4 Å². The summed E-state index contributed by atoms with van der Waals surface area (Å²) < 4.78 is 10.9. The molecule has 32 heavy (non-hydrogen) atoms. The molecule has 0 saturated heterocycles. The number of hydrogen-bond acceptors (Lipinski definition) is 5. The molecule has 174 valence electrons. The standard InChI is InChI=1S/C26H35NO4S/c1-15(2)18-10-8-16(3)12-20(18)31-14-22(28)27-24-23(25(29)30-7)19-11-9-17(26(4,5)6)13-21(19)32-24/h8,10,12,15,17H,9,11,13-14H2,1-7H3,(H,27,28)/t17-/m0/s1. The van der Waals surface area contributed by atoms with Gasteiger partial charge in [0.15, 0.2) is 6.61 Å². The smallest absolute Gasteiger partial charge is 0.341 e. The van der Waals surface area contributed by atoms with Crippen molar-refractivity contribution in [3.05, 3.63) is 45.3 Å². The van der Waals surface area contributed by atoms with Crippen molar-refractivity contribution in [1.82, 2.24) is 0 Å². The summed E-state index contributed by atoms with van der Waals surface area (Å²) in [5, 5.41) is 3.49.